The number of anilines is 1. The largest absolute Gasteiger partial charge is 0.478 e. The number of hydrogen-bond donors (Lipinski definition) is 2. The molecule has 0 aliphatic carbocycles. The van der Waals surface area contributed by atoms with Gasteiger partial charge in [-0.05, 0) is 13.0 Å². The standard InChI is InChI=1S/C11H14N2O4S/c1-6-4-8(11(16)17)10(18-6)12-9(15)5-13(3)7(2)14/h4H,5H2,1-3H3,(H,12,15)(H,16,17). The number of carboxylic acid groups (broad SMARTS) is 1. The number of amides is 2. The van der Waals surface area contributed by atoms with Crippen LogP contribution in [0.25, 0.3) is 0 Å². The van der Waals surface area contributed by atoms with Crippen LogP contribution in [-0.4, -0.2) is 41.4 Å². The molecule has 6 nitrogen and oxygen atoms in total. The van der Waals surface area contributed by atoms with Crippen molar-refractivity contribution in [1.29, 1.82) is 0 Å². The molecule has 1 aromatic heterocycles. The van der Waals surface area contributed by atoms with Gasteiger partial charge in [0.25, 0.3) is 0 Å². The van der Waals surface area contributed by atoms with Crippen LogP contribution in [0.3, 0.4) is 0 Å². The first-order valence-corrected chi connectivity index (χ1v) is 5.98. The first-order valence-electron chi connectivity index (χ1n) is 5.16. The van der Waals surface area contributed by atoms with E-state index in [0.29, 0.717) is 5.00 Å². The first kappa shape index (κ1) is 14.2. The van der Waals surface area contributed by atoms with Crippen LogP contribution in [0.15, 0.2) is 6.07 Å². The molecule has 1 heterocycles. The summed E-state index contributed by atoms with van der Waals surface area (Å²) >= 11 is 1.19. The number of likely N-dealkylation sites (N-methyl/N-ethyl adjacent to an activating group) is 1. The van der Waals surface area contributed by atoms with E-state index in [9.17, 15) is 14.4 Å². The summed E-state index contributed by atoms with van der Waals surface area (Å²) in [5, 5.41) is 11.7. The van der Waals surface area contributed by atoms with Crippen molar-refractivity contribution in [3.8, 4) is 0 Å². The minimum atomic E-state index is -1.09. The van der Waals surface area contributed by atoms with Gasteiger partial charge in [-0.15, -0.1) is 11.3 Å². The van der Waals surface area contributed by atoms with Crippen molar-refractivity contribution >= 4 is 34.1 Å². The van der Waals surface area contributed by atoms with Crippen molar-refractivity contribution in [3.05, 3.63) is 16.5 Å². The number of aryl methyl sites for hydroxylation is 1. The molecule has 1 aromatic rings. The Morgan fingerprint density at radius 2 is 2.06 bits per heavy atom. The van der Waals surface area contributed by atoms with Gasteiger partial charge in [-0.2, -0.15) is 0 Å². The quantitative estimate of drug-likeness (QED) is 0.859. The van der Waals surface area contributed by atoms with Crippen LogP contribution in [0, 0.1) is 6.92 Å². The Balaban J connectivity index is 2.76. The highest BCUT2D eigenvalue weighted by Crippen LogP contribution is 2.27. The van der Waals surface area contributed by atoms with Crippen molar-refractivity contribution in [1.82, 2.24) is 4.90 Å². The normalized spacial score (nSPS) is 9.94. The fourth-order valence-electron chi connectivity index (χ4n) is 1.26. The Hall–Kier alpha value is -1.89. The van der Waals surface area contributed by atoms with E-state index < -0.39 is 11.9 Å². The zero-order valence-corrected chi connectivity index (χ0v) is 11.1. The van der Waals surface area contributed by atoms with Crippen LogP contribution in [0.2, 0.25) is 0 Å². The molecule has 0 aliphatic heterocycles. The maximum Gasteiger partial charge on any atom is 0.338 e. The van der Waals surface area contributed by atoms with Gasteiger partial charge in [-0.25, -0.2) is 4.79 Å². The molecule has 0 saturated heterocycles. The zero-order chi connectivity index (χ0) is 13.9. The van der Waals surface area contributed by atoms with Gasteiger partial charge in [0.2, 0.25) is 11.8 Å². The predicted molar refractivity (Wildman–Crippen MR) is 68.0 cm³/mol. The lowest BCUT2D eigenvalue weighted by Crippen LogP contribution is -2.33. The lowest BCUT2D eigenvalue weighted by atomic mass is 10.3. The van der Waals surface area contributed by atoms with Crippen molar-refractivity contribution in [2.75, 3.05) is 18.9 Å². The van der Waals surface area contributed by atoms with E-state index in [1.807, 2.05) is 0 Å². The summed E-state index contributed by atoms with van der Waals surface area (Å²) in [6.07, 6.45) is 0. The number of carbonyl (C=O) groups excluding carboxylic acids is 2. The number of thiophene rings is 1. The van der Waals surface area contributed by atoms with E-state index in [0.717, 1.165) is 4.88 Å². The van der Waals surface area contributed by atoms with Gasteiger partial charge in [0, 0.05) is 18.8 Å². The third-order valence-corrected chi connectivity index (χ3v) is 3.22. The topological polar surface area (TPSA) is 86.7 Å². The highest BCUT2D eigenvalue weighted by Gasteiger charge is 2.17. The molecule has 1 rings (SSSR count). The molecular weight excluding hydrogens is 256 g/mol. The van der Waals surface area contributed by atoms with Crippen LogP contribution in [0.4, 0.5) is 5.00 Å². The molecule has 0 aromatic carbocycles. The van der Waals surface area contributed by atoms with Gasteiger partial charge in [0.1, 0.15) is 5.00 Å². The second kappa shape index (κ2) is 5.63. The molecule has 0 fully saturated rings. The highest BCUT2D eigenvalue weighted by molar-refractivity contribution is 7.16. The molecule has 2 N–H and O–H groups in total. The van der Waals surface area contributed by atoms with Crippen LogP contribution >= 0.6 is 11.3 Å². The van der Waals surface area contributed by atoms with E-state index in [2.05, 4.69) is 5.32 Å². The summed E-state index contributed by atoms with van der Waals surface area (Å²) in [6, 6.07) is 1.50. The number of nitrogens with one attached hydrogen (secondary N) is 1. The fraction of sp³-hybridized carbons (Fsp3) is 0.364. The molecular formula is C11H14N2O4S. The maximum absolute atomic E-state index is 11.6. The van der Waals surface area contributed by atoms with Gasteiger partial charge in [-0.3, -0.25) is 9.59 Å². The number of hydrogen-bond acceptors (Lipinski definition) is 4. The zero-order valence-electron chi connectivity index (χ0n) is 10.3. The molecule has 7 heteroatoms. The Morgan fingerprint density at radius 1 is 1.44 bits per heavy atom. The molecule has 0 atom stereocenters. The molecule has 18 heavy (non-hydrogen) atoms. The number of carbonyl (C=O) groups is 3. The van der Waals surface area contributed by atoms with Crippen LogP contribution < -0.4 is 5.32 Å². The van der Waals surface area contributed by atoms with Crippen molar-refractivity contribution in [3.63, 3.8) is 0 Å². The second-order valence-electron chi connectivity index (χ2n) is 3.83. The fourth-order valence-corrected chi connectivity index (χ4v) is 2.18. The molecule has 0 saturated carbocycles. The van der Waals surface area contributed by atoms with Crippen molar-refractivity contribution in [2.45, 2.75) is 13.8 Å². The van der Waals surface area contributed by atoms with E-state index in [1.165, 1.54) is 36.3 Å². The summed E-state index contributed by atoms with van der Waals surface area (Å²) in [5.41, 5.74) is 0.0660. The lowest BCUT2D eigenvalue weighted by Gasteiger charge is -2.13. The molecule has 2 amide bonds. The predicted octanol–water partition coefficient (Wildman–Crippen LogP) is 1.17. The molecule has 98 valence electrons. The smallest absolute Gasteiger partial charge is 0.338 e. The van der Waals surface area contributed by atoms with Gasteiger partial charge in [0.15, 0.2) is 0 Å². The molecule has 0 unspecified atom stereocenters. The maximum atomic E-state index is 11.6. The number of carboxylic acids is 1. The van der Waals surface area contributed by atoms with E-state index in [1.54, 1.807) is 6.92 Å². The Kier molecular flexibility index (Phi) is 4.43. The second-order valence-corrected chi connectivity index (χ2v) is 5.08. The van der Waals surface area contributed by atoms with Crippen molar-refractivity contribution in [2.24, 2.45) is 0 Å². The summed E-state index contributed by atoms with van der Waals surface area (Å²) in [6.45, 7) is 3.01. The van der Waals surface area contributed by atoms with E-state index in [4.69, 9.17) is 5.11 Å². The SMILES string of the molecule is CC(=O)N(C)CC(=O)Nc1sc(C)cc1C(=O)O. The number of nitrogens with zero attached hydrogens (tertiary/aromatic N) is 1. The Morgan fingerprint density at radius 3 is 2.56 bits per heavy atom. The molecule has 0 spiro atoms. The van der Waals surface area contributed by atoms with Crippen LogP contribution in [0.5, 0.6) is 0 Å². The van der Waals surface area contributed by atoms with E-state index in [-0.39, 0.29) is 18.0 Å². The summed E-state index contributed by atoms with van der Waals surface area (Å²) in [5.74, 6) is -1.74. The number of rotatable bonds is 4. The van der Waals surface area contributed by atoms with Gasteiger partial charge < -0.3 is 15.3 Å². The van der Waals surface area contributed by atoms with Gasteiger partial charge in [-0.1, -0.05) is 0 Å². The summed E-state index contributed by atoms with van der Waals surface area (Å²) in [4.78, 5) is 35.6. The van der Waals surface area contributed by atoms with Crippen LogP contribution in [-0.2, 0) is 9.59 Å². The third-order valence-electron chi connectivity index (χ3n) is 2.26. The first-order chi connectivity index (χ1) is 8.31. The minimum Gasteiger partial charge on any atom is -0.478 e. The lowest BCUT2D eigenvalue weighted by molar-refractivity contribution is -0.131. The molecule has 0 radical (unpaired) electrons. The minimum absolute atomic E-state index is 0.0660. The van der Waals surface area contributed by atoms with Gasteiger partial charge >= 0.3 is 5.97 Å². The summed E-state index contributed by atoms with van der Waals surface area (Å²) in [7, 11) is 1.50. The monoisotopic (exact) mass is 270 g/mol. The Bertz CT molecular complexity index is 495. The van der Waals surface area contributed by atoms with E-state index >= 15 is 0 Å². The third kappa shape index (κ3) is 3.56. The average molecular weight is 270 g/mol. The average Bonchev–Trinajstić information content (AvgIpc) is 2.58. The van der Waals surface area contributed by atoms with Crippen LogP contribution in [0.1, 0.15) is 22.2 Å². The molecule has 0 aliphatic rings. The summed E-state index contributed by atoms with van der Waals surface area (Å²) < 4.78 is 0. The Labute approximate surface area is 108 Å². The van der Waals surface area contributed by atoms with Crippen molar-refractivity contribution < 1.29 is 19.5 Å². The number of aromatic carboxylic acids is 1. The molecule has 0 bridgehead atoms. The highest BCUT2D eigenvalue weighted by atomic mass is 32.1. The van der Waals surface area contributed by atoms with Gasteiger partial charge in [0.05, 0.1) is 12.1 Å².